The molecule has 1 saturated carbocycles. The molecule has 0 saturated heterocycles. The van der Waals surface area contributed by atoms with Crippen molar-refractivity contribution < 1.29 is 0 Å². The van der Waals surface area contributed by atoms with Crippen LogP contribution in [0.5, 0.6) is 0 Å². The Morgan fingerprint density at radius 2 is 1.00 bits per heavy atom. The summed E-state index contributed by atoms with van der Waals surface area (Å²) in [5.74, 6) is 0. The second kappa shape index (κ2) is 9.23. The first-order valence-electron chi connectivity index (χ1n) is 8.50. The molecule has 0 unspecified atom stereocenters. The highest BCUT2D eigenvalue weighted by atomic mass is 35.5. The third-order valence-corrected chi connectivity index (χ3v) is 5.80. The van der Waals surface area contributed by atoms with E-state index in [1.165, 1.54) is 0 Å². The van der Waals surface area contributed by atoms with E-state index in [2.05, 4.69) is 0 Å². The van der Waals surface area contributed by atoms with E-state index < -0.39 is 0 Å². The third-order valence-electron chi connectivity index (χ3n) is 4.48. The molecule has 0 radical (unpaired) electrons. The van der Waals surface area contributed by atoms with Crippen LogP contribution in [0.1, 0.15) is 36.8 Å². The maximum absolute atomic E-state index is 6.23. The number of hydrogen-bond acceptors (Lipinski definition) is 2. The Morgan fingerprint density at radius 1 is 0.654 bits per heavy atom. The van der Waals surface area contributed by atoms with Crippen molar-refractivity contribution in [1.29, 1.82) is 0 Å². The Balaban J connectivity index is 1.80. The van der Waals surface area contributed by atoms with Gasteiger partial charge in [-0.1, -0.05) is 71.4 Å². The van der Waals surface area contributed by atoms with Crippen molar-refractivity contribution in [2.45, 2.75) is 37.8 Å². The van der Waals surface area contributed by atoms with E-state index in [9.17, 15) is 0 Å². The van der Waals surface area contributed by atoms with Gasteiger partial charge in [0.1, 0.15) is 0 Å². The summed E-state index contributed by atoms with van der Waals surface area (Å²) in [5.41, 5.74) is 1.50. The molecule has 2 nitrogen and oxygen atoms in total. The molecule has 0 spiro atoms. The maximum Gasteiger partial charge on any atom is 0.0723 e. The van der Waals surface area contributed by atoms with Gasteiger partial charge in [0.25, 0.3) is 0 Å². The third kappa shape index (κ3) is 4.80. The van der Waals surface area contributed by atoms with Gasteiger partial charge in [0.05, 0.1) is 32.2 Å². The van der Waals surface area contributed by atoms with Gasteiger partial charge in [0.2, 0.25) is 0 Å². The summed E-state index contributed by atoms with van der Waals surface area (Å²) < 4.78 is 0. The predicted molar refractivity (Wildman–Crippen MR) is 114 cm³/mol. The fourth-order valence-corrected chi connectivity index (χ4v) is 4.04. The minimum Gasteiger partial charge on any atom is -0.287 e. The number of hydrogen-bond donors (Lipinski definition) is 0. The minimum atomic E-state index is 0.0913. The minimum absolute atomic E-state index is 0.0913. The fraction of sp³-hybridized carbons (Fsp3) is 0.300. The van der Waals surface area contributed by atoms with Crippen molar-refractivity contribution in [3.63, 3.8) is 0 Å². The van der Waals surface area contributed by atoms with Crippen molar-refractivity contribution in [2.75, 3.05) is 0 Å². The summed E-state index contributed by atoms with van der Waals surface area (Å²) in [5, 5.41) is 2.39. The summed E-state index contributed by atoms with van der Waals surface area (Å²) >= 11 is 24.9. The monoisotopic (exact) mass is 426 g/mol. The van der Waals surface area contributed by atoms with Crippen LogP contribution in [0.2, 0.25) is 20.1 Å². The highest BCUT2D eigenvalue weighted by Gasteiger charge is 2.23. The Kier molecular flexibility index (Phi) is 6.99. The van der Waals surface area contributed by atoms with Crippen molar-refractivity contribution in [1.82, 2.24) is 0 Å². The molecule has 0 N–H and O–H groups in total. The zero-order chi connectivity index (χ0) is 18.5. The first-order valence-corrected chi connectivity index (χ1v) is 10.0. The molecule has 0 heterocycles. The van der Waals surface area contributed by atoms with Crippen molar-refractivity contribution >= 4 is 58.8 Å². The normalized spacial score (nSPS) is 20.9. The van der Waals surface area contributed by atoms with Crippen LogP contribution in [-0.4, -0.2) is 24.5 Å². The molecular formula is C20H18Cl4N2. The van der Waals surface area contributed by atoms with Crippen molar-refractivity contribution in [2.24, 2.45) is 9.98 Å². The summed E-state index contributed by atoms with van der Waals surface area (Å²) in [4.78, 5) is 9.48. The highest BCUT2D eigenvalue weighted by molar-refractivity contribution is 6.39. The Hall–Kier alpha value is -1.06. The topological polar surface area (TPSA) is 24.7 Å². The first kappa shape index (κ1) is 19.7. The molecule has 0 aliphatic heterocycles. The predicted octanol–water partition coefficient (Wildman–Crippen LogP) is 7.15. The van der Waals surface area contributed by atoms with Crippen molar-refractivity contribution in [3.8, 4) is 0 Å². The number of halogens is 4. The largest absolute Gasteiger partial charge is 0.287 e. The van der Waals surface area contributed by atoms with E-state index in [-0.39, 0.29) is 12.1 Å². The van der Waals surface area contributed by atoms with Crippen LogP contribution in [0.3, 0.4) is 0 Å². The van der Waals surface area contributed by atoms with Crippen LogP contribution >= 0.6 is 46.4 Å². The molecule has 0 amide bonds. The lowest BCUT2D eigenvalue weighted by molar-refractivity contribution is 0.390. The smallest absolute Gasteiger partial charge is 0.0723 e. The molecule has 1 aliphatic carbocycles. The molecule has 2 atom stereocenters. The molecule has 0 aromatic heterocycles. The van der Waals surface area contributed by atoms with Crippen molar-refractivity contribution in [3.05, 3.63) is 67.6 Å². The Bertz CT molecular complexity index is 723. The van der Waals surface area contributed by atoms with E-state index in [4.69, 9.17) is 56.4 Å². The molecule has 136 valence electrons. The Morgan fingerprint density at radius 3 is 1.35 bits per heavy atom. The number of aliphatic imine (C=N–C) groups is 2. The molecule has 1 aliphatic rings. The van der Waals surface area contributed by atoms with Crippen LogP contribution in [0.15, 0.2) is 46.4 Å². The zero-order valence-corrected chi connectivity index (χ0v) is 17.0. The average Bonchev–Trinajstić information content (AvgIpc) is 2.62. The van der Waals surface area contributed by atoms with Gasteiger partial charge in [0, 0.05) is 23.6 Å². The average molecular weight is 428 g/mol. The van der Waals surface area contributed by atoms with Gasteiger partial charge in [0.15, 0.2) is 0 Å². The van der Waals surface area contributed by atoms with Crippen LogP contribution in [-0.2, 0) is 0 Å². The maximum atomic E-state index is 6.23. The van der Waals surface area contributed by atoms with Crippen LogP contribution in [0.25, 0.3) is 0 Å². The van der Waals surface area contributed by atoms with Gasteiger partial charge in [-0.15, -0.1) is 0 Å². The number of benzene rings is 2. The highest BCUT2D eigenvalue weighted by Crippen LogP contribution is 2.27. The fourth-order valence-electron chi connectivity index (χ4n) is 3.05. The molecule has 3 rings (SSSR count). The molecule has 2 aromatic rings. The van der Waals surface area contributed by atoms with E-state index in [0.717, 1.165) is 36.8 Å². The van der Waals surface area contributed by atoms with Crippen LogP contribution < -0.4 is 0 Å². The molecule has 0 bridgehead atoms. The van der Waals surface area contributed by atoms with Gasteiger partial charge in [-0.2, -0.15) is 0 Å². The summed E-state index contributed by atoms with van der Waals surface area (Å²) in [7, 11) is 0. The van der Waals surface area contributed by atoms with Gasteiger partial charge in [-0.25, -0.2) is 0 Å². The lowest BCUT2D eigenvalue weighted by atomic mass is 9.91. The Labute approximate surface area is 173 Å². The summed E-state index contributed by atoms with van der Waals surface area (Å²) in [6.45, 7) is 0. The molecule has 26 heavy (non-hydrogen) atoms. The lowest BCUT2D eigenvalue weighted by Crippen LogP contribution is -2.27. The van der Waals surface area contributed by atoms with Gasteiger partial charge >= 0.3 is 0 Å². The molecule has 1 fully saturated rings. The van der Waals surface area contributed by atoms with E-state index in [1.54, 1.807) is 12.4 Å². The van der Waals surface area contributed by atoms with E-state index >= 15 is 0 Å². The second-order valence-corrected chi connectivity index (χ2v) is 7.87. The van der Waals surface area contributed by atoms with Crippen LogP contribution in [0.4, 0.5) is 0 Å². The zero-order valence-electron chi connectivity index (χ0n) is 14.0. The van der Waals surface area contributed by atoms with Gasteiger partial charge in [-0.05, 0) is 37.1 Å². The summed E-state index contributed by atoms with van der Waals surface area (Å²) in [6.07, 6.45) is 7.78. The molecule has 2 aromatic carbocycles. The van der Waals surface area contributed by atoms with E-state index in [0.29, 0.717) is 20.1 Å². The SMILES string of the molecule is Clc1cccc(Cl)c1C=N[C@H]1CCCC[C@H]1N=Cc1c(Cl)cccc1Cl. The van der Waals surface area contributed by atoms with E-state index in [1.807, 2.05) is 36.4 Å². The number of nitrogens with zero attached hydrogens (tertiary/aromatic N) is 2. The van der Waals surface area contributed by atoms with Gasteiger partial charge in [-0.3, -0.25) is 9.98 Å². The number of rotatable bonds is 4. The summed E-state index contributed by atoms with van der Waals surface area (Å²) in [6, 6.07) is 11.1. The molecular weight excluding hydrogens is 410 g/mol. The lowest BCUT2D eigenvalue weighted by Gasteiger charge is -2.25. The van der Waals surface area contributed by atoms with Gasteiger partial charge < -0.3 is 0 Å². The van der Waals surface area contributed by atoms with Crippen LogP contribution in [0, 0.1) is 0 Å². The first-order chi connectivity index (χ1) is 12.6. The second-order valence-electron chi connectivity index (χ2n) is 6.25. The molecule has 6 heteroatoms. The quantitative estimate of drug-likeness (QED) is 0.462. The standard InChI is InChI=1S/C20H18Cl4N2/c21-15-5-3-6-16(22)13(15)11-25-19-9-1-2-10-20(19)26-12-14-17(23)7-4-8-18(14)24/h3-8,11-12,19-20H,1-2,9-10H2/t19-,20+.